The van der Waals surface area contributed by atoms with Crippen molar-refractivity contribution in [2.45, 2.75) is 11.3 Å². The molecule has 15 heavy (non-hydrogen) atoms. The molecule has 0 bridgehead atoms. The summed E-state index contributed by atoms with van der Waals surface area (Å²) in [6.07, 6.45) is 2.50. The standard InChI is InChI=1S/C11H11IO2S/c13-15(14,10-4-2-1-3-5-10)11-6-8-12-9-7-11/h1-6,8H,7,9H2. The predicted molar refractivity (Wildman–Crippen MR) is 71.3 cm³/mol. The maximum Gasteiger partial charge on any atom is 0.202 e. The van der Waals surface area contributed by atoms with Gasteiger partial charge in [-0.3, -0.25) is 0 Å². The topological polar surface area (TPSA) is 34.1 Å². The van der Waals surface area contributed by atoms with E-state index in [1.807, 2.05) is 10.1 Å². The molecular formula is C11H11IO2S. The average Bonchev–Trinajstić information content (AvgIpc) is 2.31. The van der Waals surface area contributed by atoms with Gasteiger partial charge < -0.3 is 0 Å². The van der Waals surface area contributed by atoms with Gasteiger partial charge in [-0.1, -0.05) is 18.2 Å². The van der Waals surface area contributed by atoms with Crippen molar-refractivity contribution in [2.75, 3.05) is 4.43 Å². The second kappa shape index (κ2) is 4.57. The second-order valence-corrected chi connectivity index (χ2v) is 7.85. The van der Waals surface area contributed by atoms with Gasteiger partial charge in [-0.15, -0.1) is 20.7 Å². The van der Waals surface area contributed by atoms with Crippen LogP contribution in [0.4, 0.5) is 0 Å². The quantitative estimate of drug-likeness (QED) is 0.615. The monoisotopic (exact) mass is 334 g/mol. The molecule has 0 saturated carbocycles. The van der Waals surface area contributed by atoms with Crippen LogP contribution in [0.3, 0.4) is 0 Å². The molecule has 1 aromatic rings. The van der Waals surface area contributed by atoms with Crippen molar-refractivity contribution in [3.8, 4) is 0 Å². The van der Waals surface area contributed by atoms with E-state index < -0.39 is 9.84 Å². The van der Waals surface area contributed by atoms with E-state index in [9.17, 15) is 8.42 Å². The molecule has 0 fully saturated rings. The summed E-state index contributed by atoms with van der Waals surface area (Å²) in [7, 11) is -3.21. The number of alkyl halides is 1. The molecule has 0 aliphatic carbocycles. The van der Waals surface area contributed by atoms with Gasteiger partial charge >= 0.3 is 0 Å². The van der Waals surface area contributed by atoms with E-state index in [-0.39, 0.29) is 20.7 Å². The molecule has 1 aliphatic rings. The Hall–Kier alpha value is -0.490. The van der Waals surface area contributed by atoms with Crippen LogP contribution in [0, 0.1) is 0 Å². The Morgan fingerprint density at radius 1 is 1.13 bits per heavy atom. The number of benzene rings is 1. The molecule has 1 heterocycles. The molecule has 0 amide bonds. The summed E-state index contributed by atoms with van der Waals surface area (Å²) in [4.78, 5) is 0.976. The van der Waals surface area contributed by atoms with Gasteiger partial charge in [0.05, 0.1) is 9.80 Å². The highest BCUT2D eigenvalue weighted by atomic mass is 127. The van der Waals surface area contributed by atoms with Crippen LogP contribution in [0.1, 0.15) is 6.42 Å². The van der Waals surface area contributed by atoms with Gasteiger partial charge in [-0.2, -0.15) is 0 Å². The Kier molecular flexibility index (Phi) is 3.35. The normalized spacial score (nSPS) is 16.7. The van der Waals surface area contributed by atoms with Gasteiger partial charge in [-0.05, 0) is 33.1 Å². The first-order valence-corrected chi connectivity index (χ1v) is 8.87. The fourth-order valence-corrected chi connectivity index (χ4v) is 5.37. The minimum Gasteiger partial charge on any atom is -0.219 e. The molecular weight excluding hydrogens is 323 g/mol. The van der Waals surface area contributed by atoms with Crippen LogP contribution in [0.25, 0.3) is 0 Å². The zero-order valence-electron chi connectivity index (χ0n) is 8.06. The van der Waals surface area contributed by atoms with Crippen LogP contribution < -0.4 is 0 Å². The number of allylic oxidation sites excluding steroid dienone is 2. The van der Waals surface area contributed by atoms with E-state index in [4.69, 9.17) is 0 Å². The summed E-state index contributed by atoms with van der Waals surface area (Å²) in [5, 5.41) is 0. The van der Waals surface area contributed by atoms with Crippen molar-refractivity contribution in [2.24, 2.45) is 0 Å². The minimum absolute atomic E-state index is 0.103. The molecule has 0 N–H and O–H groups in total. The van der Waals surface area contributed by atoms with Crippen LogP contribution in [-0.2, 0) is 9.84 Å². The fraction of sp³-hybridized carbons (Fsp3) is 0.182. The molecule has 0 aromatic heterocycles. The maximum absolute atomic E-state index is 12.1. The molecule has 80 valence electrons. The molecule has 4 heteroatoms. The molecule has 0 saturated heterocycles. The Balaban J connectivity index is 2.44. The Morgan fingerprint density at radius 2 is 1.87 bits per heavy atom. The van der Waals surface area contributed by atoms with Gasteiger partial charge in [-0.25, -0.2) is 8.42 Å². The fourth-order valence-electron chi connectivity index (χ4n) is 1.38. The van der Waals surface area contributed by atoms with Gasteiger partial charge in [0.25, 0.3) is 0 Å². The summed E-state index contributed by atoms with van der Waals surface area (Å²) in [6.45, 7) is 0. The van der Waals surface area contributed by atoms with Crippen molar-refractivity contribution in [3.63, 3.8) is 0 Å². The van der Waals surface area contributed by atoms with E-state index >= 15 is 0 Å². The lowest BCUT2D eigenvalue weighted by Gasteiger charge is -2.09. The van der Waals surface area contributed by atoms with Crippen molar-refractivity contribution in [1.29, 1.82) is 0 Å². The summed E-state index contributed by atoms with van der Waals surface area (Å²) >= 11 is 0.103. The number of halogens is 1. The molecule has 1 aromatic carbocycles. The minimum atomic E-state index is -3.21. The average molecular weight is 334 g/mol. The summed E-state index contributed by atoms with van der Waals surface area (Å²) < 4.78 is 27.3. The Labute approximate surface area is 99.7 Å². The lowest BCUT2D eigenvalue weighted by molar-refractivity contribution is 0.601. The molecule has 0 atom stereocenters. The van der Waals surface area contributed by atoms with Gasteiger partial charge in [0.2, 0.25) is 9.84 Å². The van der Waals surface area contributed by atoms with Crippen LogP contribution in [0.5, 0.6) is 0 Å². The first-order valence-electron chi connectivity index (χ1n) is 4.61. The van der Waals surface area contributed by atoms with E-state index in [0.29, 0.717) is 16.2 Å². The van der Waals surface area contributed by atoms with Crippen LogP contribution >= 0.6 is 20.7 Å². The summed E-state index contributed by atoms with van der Waals surface area (Å²) in [5.74, 6) is 0. The highest BCUT2D eigenvalue weighted by molar-refractivity contribution is 14.2. The van der Waals surface area contributed by atoms with Crippen molar-refractivity contribution in [1.82, 2.24) is 0 Å². The first-order chi connectivity index (χ1) is 7.21. The third-order valence-electron chi connectivity index (χ3n) is 2.19. The summed E-state index contributed by atoms with van der Waals surface area (Å²) in [5.41, 5.74) is 0. The Bertz CT molecular complexity index is 501. The Morgan fingerprint density at radius 3 is 2.47 bits per heavy atom. The molecule has 2 nitrogen and oxygen atoms in total. The van der Waals surface area contributed by atoms with Crippen LogP contribution in [0.15, 0.2) is 46.2 Å². The van der Waals surface area contributed by atoms with Gasteiger partial charge in [0.15, 0.2) is 0 Å². The SMILES string of the molecule is O=S(=O)(C1=CC=ICC1)c1ccccc1. The van der Waals surface area contributed by atoms with Crippen LogP contribution in [-0.4, -0.2) is 16.9 Å². The van der Waals surface area contributed by atoms with Crippen molar-refractivity contribution >= 4 is 34.6 Å². The lowest BCUT2D eigenvalue weighted by Crippen LogP contribution is -2.07. The molecule has 2 rings (SSSR count). The zero-order valence-corrected chi connectivity index (χ0v) is 11.0. The smallest absolute Gasteiger partial charge is 0.202 e. The zero-order chi connectivity index (χ0) is 10.7. The summed E-state index contributed by atoms with van der Waals surface area (Å²) in [6, 6.07) is 8.64. The lowest BCUT2D eigenvalue weighted by atomic mass is 10.4. The number of sulfone groups is 1. The second-order valence-electron chi connectivity index (χ2n) is 3.17. The number of hydrogen-bond acceptors (Lipinski definition) is 2. The predicted octanol–water partition coefficient (Wildman–Crippen LogP) is 2.52. The van der Waals surface area contributed by atoms with Gasteiger partial charge in [0, 0.05) is 0 Å². The number of rotatable bonds is 2. The van der Waals surface area contributed by atoms with E-state index in [0.717, 1.165) is 4.43 Å². The number of hydrogen-bond donors (Lipinski definition) is 0. The van der Waals surface area contributed by atoms with Crippen molar-refractivity contribution < 1.29 is 8.42 Å². The molecule has 1 aliphatic heterocycles. The first kappa shape index (κ1) is 11.0. The van der Waals surface area contributed by atoms with E-state index in [2.05, 4.69) is 0 Å². The van der Waals surface area contributed by atoms with Crippen molar-refractivity contribution in [3.05, 3.63) is 41.3 Å². The third-order valence-corrected chi connectivity index (χ3v) is 6.14. The van der Waals surface area contributed by atoms with Gasteiger partial charge in [0.1, 0.15) is 0 Å². The van der Waals surface area contributed by atoms with E-state index in [1.54, 1.807) is 30.3 Å². The third kappa shape index (κ3) is 2.36. The maximum atomic E-state index is 12.1. The van der Waals surface area contributed by atoms with Crippen LogP contribution in [0.2, 0.25) is 0 Å². The van der Waals surface area contributed by atoms with E-state index in [1.165, 1.54) is 0 Å². The highest BCUT2D eigenvalue weighted by Gasteiger charge is 2.20. The largest absolute Gasteiger partial charge is 0.219 e. The molecule has 0 radical (unpaired) electrons. The molecule has 0 unspecified atom stereocenters. The highest BCUT2D eigenvalue weighted by Crippen LogP contribution is 2.24. The molecule has 0 spiro atoms.